The van der Waals surface area contributed by atoms with Crippen molar-refractivity contribution >= 4 is 14.4 Å². The number of benzene rings is 2. The van der Waals surface area contributed by atoms with Gasteiger partial charge >= 0.3 is 6.09 Å². The summed E-state index contributed by atoms with van der Waals surface area (Å²) in [5, 5.41) is 2.87. The van der Waals surface area contributed by atoms with Gasteiger partial charge in [-0.2, -0.15) is 0 Å². The summed E-state index contributed by atoms with van der Waals surface area (Å²) in [5.74, 6) is -0.558. The lowest BCUT2D eigenvalue weighted by molar-refractivity contribution is 0.0506. The van der Waals surface area contributed by atoms with E-state index >= 15 is 4.39 Å². The molecule has 210 valence electrons. The number of amides is 1. The van der Waals surface area contributed by atoms with Crippen LogP contribution in [0.3, 0.4) is 0 Å². The molecule has 0 radical (unpaired) electrons. The minimum Gasteiger partial charge on any atom is -0.444 e. The number of nitrogens with one attached hydrogen (secondary N) is 1. The molecule has 0 spiro atoms. The molecule has 0 aliphatic rings. The molecular formula is C32H48FNO3Si. The van der Waals surface area contributed by atoms with E-state index in [4.69, 9.17) is 9.16 Å². The summed E-state index contributed by atoms with van der Waals surface area (Å²) in [4.78, 5) is 12.6. The summed E-state index contributed by atoms with van der Waals surface area (Å²) < 4.78 is 28.1. The summed E-state index contributed by atoms with van der Waals surface area (Å²) >= 11 is 0. The SMILES string of the molecule is CCCC(C)(C)[Si](C)(C)OC[C@H](/C=C(\F)[C@@H](Cc1ccccc1)NC(=O)OC(C)(C)C)Cc1ccccc1. The largest absolute Gasteiger partial charge is 0.444 e. The van der Waals surface area contributed by atoms with Crippen LogP contribution in [0.4, 0.5) is 9.18 Å². The van der Waals surface area contributed by atoms with Gasteiger partial charge in [0.05, 0.1) is 6.04 Å². The molecule has 2 aromatic rings. The van der Waals surface area contributed by atoms with Crippen molar-refractivity contribution in [2.45, 2.75) is 97.0 Å². The van der Waals surface area contributed by atoms with Crippen LogP contribution < -0.4 is 5.32 Å². The molecule has 2 rings (SSSR count). The number of hydrogen-bond acceptors (Lipinski definition) is 3. The summed E-state index contributed by atoms with van der Waals surface area (Å²) in [6.45, 7) is 17.1. The van der Waals surface area contributed by atoms with Crippen LogP contribution in [0, 0.1) is 5.92 Å². The minimum atomic E-state index is -2.07. The van der Waals surface area contributed by atoms with E-state index < -0.39 is 26.1 Å². The molecule has 2 aromatic carbocycles. The van der Waals surface area contributed by atoms with Gasteiger partial charge in [-0.25, -0.2) is 9.18 Å². The Bertz CT molecular complexity index is 1020. The van der Waals surface area contributed by atoms with E-state index in [-0.39, 0.29) is 16.8 Å². The second-order valence-electron chi connectivity index (χ2n) is 12.3. The number of carbonyl (C=O) groups excluding carboxylic acids is 1. The molecule has 6 heteroatoms. The first-order valence-electron chi connectivity index (χ1n) is 13.8. The lowest BCUT2D eigenvalue weighted by Crippen LogP contribution is -2.43. The van der Waals surface area contributed by atoms with Gasteiger partial charge in [0.25, 0.3) is 0 Å². The van der Waals surface area contributed by atoms with Gasteiger partial charge in [0.15, 0.2) is 8.32 Å². The topological polar surface area (TPSA) is 47.6 Å². The molecule has 0 saturated carbocycles. The van der Waals surface area contributed by atoms with Crippen LogP contribution in [0.2, 0.25) is 18.1 Å². The quantitative estimate of drug-likeness (QED) is 0.258. The summed E-state index contributed by atoms with van der Waals surface area (Å²) in [7, 11) is -2.07. The first-order valence-corrected chi connectivity index (χ1v) is 16.7. The lowest BCUT2D eigenvalue weighted by Gasteiger charge is -2.40. The molecular weight excluding hydrogens is 493 g/mol. The molecule has 0 unspecified atom stereocenters. The van der Waals surface area contributed by atoms with Crippen molar-refractivity contribution in [3.8, 4) is 0 Å². The second kappa shape index (κ2) is 14.1. The zero-order valence-electron chi connectivity index (χ0n) is 24.6. The second-order valence-corrected chi connectivity index (χ2v) is 17.0. The van der Waals surface area contributed by atoms with Crippen molar-refractivity contribution in [3.63, 3.8) is 0 Å². The smallest absolute Gasteiger partial charge is 0.408 e. The maximum absolute atomic E-state index is 16.0. The van der Waals surface area contributed by atoms with Gasteiger partial charge in [-0.05, 0) is 75.4 Å². The van der Waals surface area contributed by atoms with Gasteiger partial charge in [0, 0.05) is 12.5 Å². The maximum atomic E-state index is 16.0. The average Bonchev–Trinajstić information content (AvgIpc) is 2.82. The van der Waals surface area contributed by atoms with Crippen molar-refractivity contribution in [1.82, 2.24) is 5.32 Å². The third kappa shape index (κ3) is 10.7. The summed E-state index contributed by atoms with van der Waals surface area (Å²) in [5.41, 5.74) is 1.38. The molecule has 38 heavy (non-hydrogen) atoms. The van der Waals surface area contributed by atoms with E-state index in [1.807, 2.05) is 48.5 Å². The molecule has 1 amide bonds. The number of hydrogen-bond donors (Lipinski definition) is 1. The first-order chi connectivity index (χ1) is 17.7. The van der Waals surface area contributed by atoms with E-state index in [1.165, 1.54) is 0 Å². The highest BCUT2D eigenvalue weighted by Crippen LogP contribution is 2.42. The summed E-state index contributed by atoms with van der Waals surface area (Å²) in [6.07, 6.45) is 4.19. The highest BCUT2D eigenvalue weighted by Gasteiger charge is 2.40. The molecule has 4 nitrogen and oxygen atoms in total. The number of halogens is 1. The van der Waals surface area contributed by atoms with Crippen LogP contribution in [0.5, 0.6) is 0 Å². The fourth-order valence-corrected chi connectivity index (χ4v) is 6.25. The zero-order chi connectivity index (χ0) is 28.4. The Labute approximate surface area is 231 Å². The van der Waals surface area contributed by atoms with Gasteiger partial charge in [-0.3, -0.25) is 0 Å². The van der Waals surface area contributed by atoms with Gasteiger partial charge in [0.2, 0.25) is 0 Å². The van der Waals surface area contributed by atoms with E-state index in [0.29, 0.717) is 19.4 Å². The Hall–Kier alpha value is -2.44. The normalized spacial score (nSPS) is 14.6. The monoisotopic (exact) mass is 541 g/mol. The van der Waals surface area contributed by atoms with Crippen LogP contribution in [0.1, 0.15) is 65.5 Å². The van der Waals surface area contributed by atoms with Crippen molar-refractivity contribution in [1.29, 1.82) is 0 Å². The van der Waals surface area contributed by atoms with Crippen LogP contribution >= 0.6 is 0 Å². The first kappa shape index (κ1) is 31.8. The Morgan fingerprint density at radius 3 is 1.97 bits per heavy atom. The number of carbonyl (C=O) groups is 1. The predicted molar refractivity (Wildman–Crippen MR) is 159 cm³/mol. The van der Waals surface area contributed by atoms with Gasteiger partial charge in [0.1, 0.15) is 11.4 Å². The minimum absolute atomic E-state index is 0.107. The third-order valence-corrected chi connectivity index (χ3v) is 11.6. The molecule has 1 N–H and O–H groups in total. The molecule has 0 fully saturated rings. The van der Waals surface area contributed by atoms with Crippen molar-refractivity contribution < 1.29 is 18.3 Å². The van der Waals surface area contributed by atoms with Crippen molar-refractivity contribution in [2.75, 3.05) is 6.61 Å². The number of alkyl carbamates (subject to hydrolysis) is 1. The lowest BCUT2D eigenvalue weighted by atomic mass is 9.97. The molecule has 2 atom stereocenters. The van der Waals surface area contributed by atoms with E-state index in [2.05, 4.69) is 51.3 Å². The third-order valence-electron chi connectivity index (χ3n) is 7.21. The Balaban J connectivity index is 2.33. The number of rotatable bonds is 13. The Morgan fingerprint density at radius 1 is 0.947 bits per heavy atom. The molecule has 0 bridgehead atoms. The van der Waals surface area contributed by atoms with Gasteiger partial charge in [-0.15, -0.1) is 0 Å². The fourth-order valence-electron chi connectivity index (χ4n) is 4.38. The fraction of sp³-hybridized carbons (Fsp3) is 0.531. The molecule has 0 saturated heterocycles. The van der Waals surface area contributed by atoms with E-state index in [9.17, 15) is 4.79 Å². The maximum Gasteiger partial charge on any atom is 0.408 e. The highest BCUT2D eigenvalue weighted by molar-refractivity contribution is 6.74. The molecule has 0 heterocycles. The highest BCUT2D eigenvalue weighted by atomic mass is 28.4. The van der Waals surface area contributed by atoms with Crippen LogP contribution in [0.15, 0.2) is 72.6 Å². The van der Waals surface area contributed by atoms with Gasteiger partial charge in [-0.1, -0.05) is 87.9 Å². The molecule has 0 aromatic heterocycles. The zero-order valence-corrected chi connectivity index (χ0v) is 25.6. The number of ether oxygens (including phenoxy) is 1. The summed E-state index contributed by atoms with van der Waals surface area (Å²) in [6, 6.07) is 18.9. The van der Waals surface area contributed by atoms with E-state index in [0.717, 1.165) is 24.0 Å². The van der Waals surface area contributed by atoms with Crippen molar-refractivity contribution in [3.05, 3.63) is 83.7 Å². The van der Waals surface area contributed by atoms with Crippen LogP contribution in [0.25, 0.3) is 0 Å². The molecule has 0 aliphatic heterocycles. The Morgan fingerprint density at radius 2 is 1.47 bits per heavy atom. The van der Waals surface area contributed by atoms with Crippen LogP contribution in [-0.2, 0) is 22.0 Å². The van der Waals surface area contributed by atoms with E-state index in [1.54, 1.807) is 26.8 Å². The average molecular weight is 542 g/mol. The predicted octanol–water partition coefficient (Wildman–Crippen LogP) is 8.64. The Kier molecular flexibility index (Phi) is 11.8. The standard InChI is InChI=1S/C32H48FNO3Si/c1-9-20-32(5,6)38(7,8)36-24-27(21-25-16-12-10-13-17-25)22-28(33)29(23-26-18-14-11-15-19-26)34-30(35)37-31(2,3)4/h10-19,22,27,29H,9,20-21,23-24H2,1-8H3,(H,34,35)/b28-22-/t27-,29+/m0/s1. The van der Waals surface area contributed by atoms with Crippen molar-refractivity contribution in [2.24, 2.45) is 5.92 Å². The molecule has 0 aliphatic carbocycles. The van der Waals surface area contributed by atoms with Gasteiger partial charge < -0.3 is 14.5 Å². The van der Waals surface area contributed by atoms with Crippen LogP contribution in [-0.4, -0.2) is 32.7 Å².